The molecule has 1 aliphatic heterocycles. The number of aliphatic hydroxyl groups is 1. The predicted molar refractivity (Wildman–Crippen MR) is 66.4 cm³/mol. The third-order valence-corrected chi connectivity index (χ3v) is 4.02. The molecule has 2 fully saturated rings. The van der Waals surface area contributed by atoms with Crippen LogP contribution in [0.4, 0.5) is 0 Å². The minimum Gasteiger partial charge on any atom is -0.393 e. The Balaban J connectivity index is 1.56. The second-order valence-electron chi connectivity index (χ2n) is 5.56. The lowest BCUT2D eigenvalue weighted by atomic mass is 9.87. The fraction of sp³-hybridized carbons (Fsp3) is 1.00. The zero-order valence-corrected chi connectivity index (χ0v) is 10.3. The molecule has 1 heterocycles. The second kappa shape index (κ2) is 6.58. The monoisotopic (exact) mass is 226 g/mol. The molecule has 3 atom stereocenters. The molecule has 3 N–H and O–H groups in total. The van der Waals surface area contributed by atoms with Crippen molar-refractivity contribution in [2.24, 2.45) is 11.8 Å². The maximum Gasteiger partial charge on any atom is 0.0543 e. The van der Waals surface area contributed by atoms with E-state index in [0.29, 0.717) is 5.92 Å². The van der Waals surface area contributed by atoms with Crippen LogP contribution in [0.2, 0.25) is 0 Å². The first-order valence-corrected chi connectivity index (χ1v) is 6.94. The van der Waals surface area contributed by atoms with Gasteiger partial charge in [-0.25, -0.2) is 0 Å². The second-order valence-corrected chi connectivity index (χ2v) is 5.56. The Morgan fingerprint density at radius 3 is 2.62 bits per heavy atom. The van der Waals surface area contributed by atoms with Crippen LogP contribution in [0.25, 0.3) is 0 Å². The average Bonchev–Trinajstić information content (AvgIpc) is 2.30. The van der Waals surface area contributed by atoms with Crippen molar-refractivity contribution in [2.75, 3.05) is 26.2 Å². The molecule has 94 valence electrons. The van der Waals surface area contributed by atoms with Crippen molar-refractivity contribution in [2.45, 2.75) is 44.6 Å². The van der Waals surface area contributed by atoms with Crippen molar-refractivity contribution in [3.05, 3.63) is 0 Å². The van der Waals surface area contributed by atoms with Gasteiger partial charge in [0.05, 0.1) is 6.10 Å². The van der Waals surface area contributed by atoms with Crippen LogP contribution in [0, 0.1) is 11.8 Å². The maximum absolute atomic E-state index is 9.59. The number of piperidine rings is 1. The molecular formula is C13H26N2O. The Bertz CT molecular complexity index is 192. The van der Waals surface area contributed by atoms with E-state index >= 15 is 0 Å². The highest BCUT2D eigenvalue weighted by Gasteiger charge is 2.20. The standard InChI is InChI=1S/C13H26N2O/c16-13-5-1-3-11(7-13)8-15-10-12-4-2-6-14-9-12/h11-16H,1-10H2. The van der Waals surface area contributed by atoms with E-state index in [9.17, 15) is 5.11 Å². The highest BCUT2D eigenvalue weighted by molar-refractivity contribution is 4.76. The van der Waals surface area contributed by atoms with Crippen LogP contribution < -0.4 is 10.6 Å². The fourth-order valence-electron chi connectivity index (χ4n) is 3.04. The lowest BCUT2D eigenvalue weighted by molar-refractivity contribution is 0.100. The first-order valence-electron chi connectivity index (χ1n) is 6.94. The smallest absolute Gasteiger partial charge is 0.0543 e. The van der Waals surface area contributed by atoms with Crippen molar-refractivity contribution in [3.8, 4) is 0 Å². The summed E-state index contributed by atoms with van der Waals surface area (Å²) in [5.41, 5.74) is 0. The summed E-state index contributed by atoms with van der Waals surface area (Å²) in [4.78, 5) is 0. The Morgan fingerprint density at radius 2 is 1.88 bits per heavy atom. The molecule has 2 aliphatic rings. The molecule has 3 heteroatoms. The van der Waals surface area contributed by atoms with Gasteiger partial charge < -0.3 is 15.7 Å². The van der Waals surface area contributed by atoms with E-state index in [1.54, 1.807) is 0 Å². The lowest BCUT2D eigenvalue weighted by Crippen LogP contribution is -2.38. The number of aliphatic hydroxyl groups excluding tert-OH is 1. The van der Waals surface area contributed by atoms with E-state index < -0.39 is 0 Å². The first-order chi connectivity index (χ1) is 7.84. The summed E-state index contributed by atoms with van der Waals surface area (Å²) in [5.74, 6) is 1.53. The SMILES string of the molecule is OC1CCCC(CNCC2CCCNC2)C1. The van der Waals surface area contributed by atoms with Crippen molar-refractivity contribution < 1.29 is 5.11 Å². The molecule has 16 heavy (non-hydrogen) atoms. The molecular weight excluding hydrogens is 200 g/mol. The summed E-state index contributed by atoms with van der Waals surface area (Å²) < 4.78 is 0. The molecule has 0 aromatic rings. The number of hydrogen-bond donors (Lipinski definition) is 3. The topological polar surface area (TPSA) is 44.3 Å². The van der Waals surface area contributed by atoms with Gasteiger partial charge in [0.15, 0.2) is 0 Å². The van der Waals surface area contributed by atoms with E-state index in [2.05, 4.69) is 10.6 Å². The number of hydrogen-bond acceptors (Lipinski definition) is 3. The summed E-state index contributed by atoms with van der Waals surface area (Å²) in [5, 5.41) is 16.6. The fourth-order valence-corrected chi connectivity index (χ4v) is 3.04. The molecule has 1 saturated carbocycles. The van der Waals surface area contributed by atoms with Crippen LogP contribution in [0.1, 0.15) is 38.5 Å². The van der Waals surface area contributed by atoms with E-state index in [0.717, 1.165) is 31.8 Å². The van der Waals surface area contributed by atoms with Crippen molar-refractivity contribution in [1.29, 1.82) is 0 Å². The van der Waals surface area contributed by atoms with Gasteiger partial charge in [0, 0.05) is 0 Å². The van der Waals surface area contributed by atoms with Crippen LogP contribution in [0.3, 0.4) is 0 Å². The molecule has 2 rings (SSSR count). The summed E-state index contributed by atoms with van der Waals surface area (Å²) in [6, 6.07) is 0. The van der Waals surface area contributed by atoms with Crippen LogP contribution >= 0.6 is 0 Å². The Hall–Kier alpha value is -0.120. The van der Waals surface area contributed by atoms with E-state index in [1.807, 2.05) is 0 Å². The minimum absolute atomic E-state index is 0.0307. The van der Waals surface area contributed by atoms with E-state index in [-0.39, 0.29) is 6.10 Å². The molecule has 1 saturated heterocycles. The van der Waals surface area contributed by atoms with Gasteiger partial charge in [0.1, 0.15) is 0 Å². The predicted octanol–water partition coefficient (Wildman–Crippen LogP) is 1.13. The Morgan fingerprint density at radius 1 is 1.06 bits per heavy atom. The largest absolute Gasteiger partial charge is 0.393 e. The number of nitrogens with one attached hydrogen (secondary N) is 2. The number of rotatable bonds is 4. The third-order valence-electron chi connectivity index (χ3n) is 4.02. The van der Waals surface area contributed by atoms with E-state index in [1.165, 1.54) is 38.8 Å². The molecule has 0 spiro atoms. The molecule has 0 aromatic heterocycles. The van der Waals surface area contributed by atoms with Gasteiger partial charge >= 0.3 is 0 Å². The van der Waals surface area contributed by atoms with Gasteiger partial charge in [0.2, 0.25) is 0 Å². The van der Waals surface area contributed by atoms with E-state index in [4.69, 9.17) is 0 Å². The summed E-state index contributed by atoms with van der Waals surface area (Å²) in [7, 11) is 0. The normalized spacial score (nSPS) is 36.2. The van der Waals surface area contributed by atoms with Gasteiger partial charge in [-0.15, -0.1) is 0 Å². The minimum atomic E-state index is -0.0307. The first kappa shape index (κ1) is 12.3. The van der Waals surface area contributed by atoms with Crippen LogP contribution in [-0.2, 0) is 0 Å². The van der Waals surface area contributed by atoms with Crippen molar-refractivity contribution in [1.82, 2.24) is 10.6 Å². The van der Waals surface area contributed by atoms with Crippen LogP contribution in [0.15, 0.2) is 0 Å². The van der Waals surface area contributed by atoms with Crippen LogP contribution in [-0.4, -0.2) is 37.4 Å². The Kier molecular flexibility index (Phi) is 5.07. The molecule has 3 unspecified atom stereocenters. The third kappa shape index (κ3) is 4.04. The quantitative estimate of drug-likeness (QED) is 0.673. The molecule has 1 aliphatic carbocycles. The summed E-state index contributed by atoms with van der Waals surface area (Å²) in [6.45, 7) is 4.64. The average molecular weight is 226 g/mol. The van der Waals surface area contributed by atoms with Gasteiger partial charge in [-0.1, -0.05) is 6.42 Å². The van der Waals surface area contributed by atoms with Gasteiger partial charge in [-0.05, 0) is 70.1 Å². The zero-order valence-electron chi connectivity index (χ0n) is 10.3. The van der Waals surface area contributed by atoms with Gasteiger partial charge in [-0.2, -0.15) is 0 Å². The molecule has 0 aromatic carbocycles. The van der Waals surface area contributed by atoms with Crippen molar-refractivity contribution in [3.63, 3.8) is 0 Å². The molecule has 0 radical (unpaired) electrons. The van der Waals surface area contributed by atoms with Gasteiger partial charge in [0.25, 0.3) is 0 Å². The van der Waals surface area contributed by atoms with Crippen LogP contribution in [0.5, 0.6) is 0 Å². The molecule has 0 bridgehead atoms. The Labute approximate surface area is 99.0 Å². The summed E-state index contributed by atoms with van der Waals surface area (Å²) in [6.07, 6.45) is 7.20. The highest BCUT2D eigenvalue weighted by atomic mass is 16.3. The summed E-state index contributed by atoms with van der Waals surface area (Å²) >= 11 is 0. The highest BCUT2D eigenvalue weighted by Crippen LogP contribution is 2.23. The van der Waals surface area contributed by atoms with Gasteiger partial charge in [-0.3, -0.25) is 0 Å². The molecule has 3 nitrogen and oxygen atoms in total. The lowest BCUT2D eigenvalue weighted by Gasteiger charge is -2.28. The maximum atomic E-state index is 9.59. The zero-order chi connectivity index (χ0) is 11.2. The van der Waals surface area contributed by atoms with Crippen molar-refractivity contribution >= 4 is 0 Å². The molecule has 0 amide bonds.